The van der Waals surface area contributed by atoms with Gasteiger partial charge < -0.3 is 10.3 Å². The average molecular weight is 326 g/mol. The Kier molecular flexibility index (Phi) is 4.65. The maximum atomic E-state index is 9.51. The van der Waals surface area contributed by atoms with Crippen LogP contribution in [0.4, 0.5) is 11.6 Å². The number of nitrogens with two attached hydrogens (primary N) is 1. The number of hydrogen-bond acceptors (Lipinski definition) is 7. The van der Waals surface area contributed by atoms with E-state index >= 15 is 0 Å². The Balaban J connectivity index is 1.97. The van der Waals surface area contributed by atoms with E-state index in [-0.39, 0.29) is 0 Å². The zero-order chi connectivity index (χ0) is 16.2. The molecule has 3 rings (SSSR count). The molecule has 0 aliphatic carbocycles. The predicted molar refractivity (Wildman–Crippen MR) is 92.4 cm³/mol. The van der Waals surface area contributed by atoms with Crippen molar-refractivity contribution in [2.45, 2.75) is 18.0 Å². The van der Waals surface area contributed by atoms with Crippen molar-refractivity contribution in [1.82, 2.24) is 9.97 Å². The summed E-state index contributed by atoms with van der Waals surface area (Å²) >= 11 is 1.43. The van der Waals surface area contributed by atoms with Gasteiger partial charge in [-0.2, -0.15) is 5.26 Å². The van der Waals surface area contributed by atoms with Gasteiger partial charge in [0.1, 0.15) is 11.6 Å². The standard InChI is InChI=1S/C16H18N6S/c1-23-16-19-14(21-18)13(10-17)15(20-16)22-8-6-11-4-2-3-5-12(11)7-9-22/h2-5H,6-9,18H2,1H3,(H,19,20,21). The Hall–Kier alpha value is -2.30. The Bertz CT molecular complexity index is 728. The van der Waals surface area contributed by atoms with Gasteiger partial charge in [0.15, 0.2) is 16.8 Å². The normalized spacial score (nSPS) is 13.9. The highest BCUT2D eigenvalue weighted by molar-refractivity contribution is 7.98. The second-order valence-corrected chi connectivity index (χ2v) is 6.04. The lowest BCUT2D eigenvalue weighted by Crippen LogP contribution is -2.29. The minimum atomic E-state index is 0.378. The fourth-order valence-electron chi connectivity index (χ4n) is 2.84. The van der Waals surface area contributed by atoms with Crippen LogP contribution in [0.25, 0.3) is 0 Å². The predicted octanol–water partition coefficient (Wildman–Crippen LogP) is 1.96. The van der Waals surface area contributed by atoms with Crippen molar-refractivity contribution in [1.29, 1.82) is 5.26 Å². The SMILES string of the molecule is CSc1nc(NN)c(C#N)c(N2CCc3ccccc3CC2)n1. The summed E-state index contributed by atoms with van der Waals surface area (Å²) in [6, 6.07) is 10.7. The maximum absolute atomic E-state index is 9.51. The van der Waals surface area contributed by atoms with Gasteiger partial charge in [0.2, 0.25) is 0 Å². The molecule has 1 aromatic carbocycles. The van der Waals surface area contributed by atoms with Crippen molar-refractivity contribution < 1.29 is 0 Å². The van der Waals surface area contributed by atoms with Gasteiger partial charge in [0.05, 0.1) is 0 Å². The number of rotatable bonds is 3. The molecule has 3 N–H and O–H groups in total. The fourth-order valence-corrected chi connectivity index (χ4v) is 3.20. The monoisotopic (exact) mass is 326 g/mol. The fraction of sp³-hybridized carbons (Fsp3) is 0.312. The Morgan fingerprint density at radius 1 is 1.22 bits per heavy atom. The molecule has 1 aromatic heterocycles. The summed E-state index contributed by atoms with van der Waals surface area (Å²) in [5.41, 5.74) is 5.65. The smallest absolute Gasteiger partial charge is 0.191 e. The van der Waals surface area contributed by atoms with Crippen LogP contribution >= 0.6 is 11.8 Å². The third kappa shape index (κ3) is 3.09. The van der Waals surface area contributed by atoms with E-state index in [0.29, 0.717) is 22.4 Å². The number of benzene rings is 1. The topological polar surface area (TPSA) is 90.9 Å². The number of hydrazine groups is 1. The van der Waals surface area contributed by atoms with Crippen molar-refractivity contribution >= 4 is 23.4 Å². The van der Waals surface area contributed by atoms with Crippen LogP contribution in [0.15, 0.2) is 29.4 Å². The van der Waals surface area contributed by atoms with Crippen LogP contribution in [0, 0.1) is 11.3 Å². The first-order chi connectivity index (χ1) is 11.3. The molecule has 0 radical (unpaired) electrons. The molecule has 1 aliphatic heterocycles. The molecule has 0 bridgehead atoms. The van der Waals surface area contributed by atoms with E-state index in [9.17, 15) is 5.26 Å². The number of nitrogen functional groups attached to an aromatic ring is 1. The zero-order valence-corrected chi connectivity index (χ0v) is 13.7. The summed E-state index contributed by atoms with van der Waals surface area (Å²) in [7, 11) is 0. The van der Waals surface area contributed by atoms with E-state index in [2.05, 4.69) is 50.6 Å². The maximum Gasteiger partial charge on any atom is 0.191 e. The molecular weight excluding hydrogens is 308 g/mol. The van der Waals surface area contributed by atoms with E-state index in [1.807, 2.05) is 6.26 Å². The van der Waals surface area contributed by atoms with Gasteiger partial charge in [-0.05, 0) is 30.2 Å². The van der Waals surface area contributed by atoms with Crippen LogP contribution < -0.4 is 16.2 Å². The lowest BCUT2D eigenvalue weighted by molar-refractivity contribution is 0.772. The first-order valence-electron chi connectivity index (χ1n) is 7.41. The number of nitrogens with zero attached hydrogens (tertiary/aromatic N) is 4. The number of nitriles is 1. The van der Waals surface area contributed by atoms with Gasteiger partial charge in [0, 0.05) is 13.1 Å². The lowest BCUT2D eigenvalue weighted by atomic mass is 10.0. The molecular formula is C16H18N6S. The molecule has 6 nitrogen and oxygen atoms in total. The molecule has 7 heteroatoms. The first kappa shape index (κ1) is 15.6. The third-order valence-corrected chi connectivity index (χ3v) is 4.57. The second kappa shape index (κ2) is 6.86. The van der Waals surface area contributed by atoms with E-state index < -0.39 is 0 Å². The van der Waals surface area contributed by atoms with Crippen molar-refractivity contribution in [3.05, 3.63) is 41.0 Å². The molecule has 0 unspecified atom stereocenters. The van der Waals surface area contributed by atoms with E-state index in [0.717, 1.165) is 25.9 Å². The Labute approximate surface area is 139 Å². The van der Waals surface area contributed by atoms with Crippen LogP contribution in [0.5, 0.6) is 0 Å². The molecule has 0 fully saturated rings. The minimum Gasteiger partial charge on any atom is -0.355 e. The molecule has 0 atom stereocenters. The number of anilines is 2. The highest BCUT2D eigenvalue weighted by Crippen LogP contribution is 2.28. The number of hydrogen-bond donors (Lipinski definition) is 2. The summed E-state index contributed by atoms with van der Waals surface area (Å²) in [6.45, 7) is 1.64. The molecule has 0 saturated heterocycles. The Morgan fingerprint density at radius 3 is 2.39 bits per heavy atom. The zero-order valence-electron chi connectivity index (χ0n) is 12.9. The van der Waals surface area contributed by atoms with Crippen molar-refractivity contribution in [3.63, 3.8) is 0 Å². The molecule has 118 valence electrons. The van der Waals surface area contributed by atoms with Crippen molar-refractivity contribution in [2.75, 3.05) is 29.7 Å². The molecule has 2 heterocycles. The third-order valence-electron chi connectivity index (χ3n) is 4.02. The average Bonchev–Trinajstić information content (AvgIpc) is 2.83. The molecule has 0 amide bonds. The summed E-state index contributed by atoms with van der Waals surface area (Å²) in [5, 5.41) is 10.1. The van der Waals surface area contributed by atoms with Gasteiger partial charge >= 0.3 is 0 Å². The summed E-state index contributed by atoms with van der Waals surface area (Å²) < 4.78 is 0. The summed E-state index contributed by atoms with van der Waals surface area (Å²) in [4.78, 5) is 11.0. The highest BCUT2D eigenvalue weighted by atomic mass is 32.2. The quantitative estimate of drug-likeness (QED) is 0.385. The van der Waals surface area contributed by atoms with E-state index in [1.54, 1.807) is 0 Å². The molecule has 0 spiro atoms. The van der Waals surface area contributed by atoms with Gasteiger partial charge in [-0.15, -0.1) is 0 Å². The van der Waals surface area contributed by atoms with Crippen molar-refractivity contribution in [2.24, 2.45) is 5.84 Å². The van der Waals surface area contributed by atoms with Crippen LogP contribution in [-0.4, -0.2) is 29.3 Å². The number of fused-ring (bicyclic) bond motifs is 1. The van der Waals surface area contributed by atoms with Crippen LogP contribution in [0.2, 0.25) is 0 Å². The van der Waals surface area contributed by atoms with Crippen LogP contribution in [0.3, 0.4) is 0 Å². The summed E-state index contributed by atoms with van der Waals surface area (Å²) in [6.07, 6.45) is 3.78. The molecule has 0 saturated carbocycles. The highest BCUT2D eigenvalue weighted by Gasteiger charge is 2.21. The molecule has 2 aromatic rings. The number of nitrogens with one attached hydrogen (secondary N) is 1. The van der Waals surface area contributed by atoms with Crippen LogP contribution in [0.1, 0.15) is 16.7 Å². The van der Waals surface area contributed by atoms with Crippen LogP contribution in [-0.2, 0) is 12.8 Å². The summed E-state index contributed by atoms with van der Waals surface area (Å²) in [5.74, 6) is 6.57. The largest absolute Gasteiger partial charge is 0.355 e. The van der Waals surface area contributed by atoms with Gasteiger partial charge in [0.25, 0.3) is 0 Å². The second-order valence-electron chi connectivity index (χ2n) is 5.27. The Morgan fingerprint density at radius 2 is 1.87 bits per heavy atom. The van der Waals surface area contributed by atoms with Crippen molar-refractivity contribution in [3.8, 4) is 6.07 Å². The molecule has 1 aliphatic rings. The lowest BCUT2D eigenvalue weighted by Gasteiger charge is -2.23. The first-order valence-corrected chi connectivity index (χ1v) is 8.63. The minimum absolute atomic E-state index is 0.378. The van der Waals surface area contributed by atoms with E-state index in [4.69, 9.17) is 5.84 Å². The van der Waals surface area contributed by atoms with E-state index in [1.165, 1.54) is 22.9 Å². The number of aromatic nitrogens is 2. The molecule has 23 heavy (non-hydrogen) atoms. The number of thioether (sulfide) groups is 1. The van der Waals surface area contributed by atoms with Gasteiger partial charge in [-0.25, -0.2) is 15.8 Å². The van der Waals surface area contributed by atoms with Gasteiger partial charge in [-0.3, -0.25) is 0 Å². The van der Waals surface area contributed by atoms with Gasteiger partial charge in [-0.1, -0.05) is 36.0 Å².